The first kappa shape index (κ1) is 17.7. The van der Waals surface area contributed by atoms with Gasteiger partial charge in [-0.25, -0.2) is 0 Å². The molecule has 1 aliphatic heterocycles. The lowest BCUT2D eigenvalue weighted by Gasteiger charge is -2.27. The van der Waals surface area contributed by atoms with E-state index in [-0.39, 0.29) is 36.7 Å². The number of anilines is 2. The molecule has 0 aromatic heterocycles. The fourth-order valence-corrected chi connectivity index (χ4v) is 2.99. The fourth-order valence-electron chi connectivity index (χ4n) is 2.99. The molecule has 1 N–H and O–H groups in total. The van der Waals surface area contributed by atoms with Crippen molar-refractivity contribution in [1.29, 1.82) is 0 Å². The maximum atomic E-state index is 12.8. The van der Waals surface area contributed by atoms with Crippen molar-refractivity contribution in [1.82, 2.24) is 0 Å². The number of carbonyl (C=O) groups excluding carboxylic acids is 3. The van der Waals surface area contributed by atoms with Crippen LogP contribution in [0.15, 0.2) is 48.5 Å². The van der Waals surface area contributed by atoms with E-state index in [2.05, 4.69) is 5.32 Å². The second-order valence-electron chi connectivity index (χ2n) is 6.25. The highest BCUT2D eigenvalue weighted by Crippen LogP contribution is 2.31. The van der Waals surface area contributed by atoms with Gasteiger partial charge in [-0.3, -0.25) is 14.4 Å². The number of hydrogen-bond acceptors (Lipinski definition) is 4. The second-order valence-corrected chi connectivity index (χ2v) is 6.25. The molecule has 6 heteroatoms. The number of fused-ring (bicyclic) bond motifs is 1. The number of benzene rings is 2. The third-order valence-corrected chi connectivity index (χ3v) is 4.23. The first-order valence-electron chi connectivity index (χ1n) is 8.40. The van der Waals surface area contributed by atoms with E-state index < -0.39 is 0 Å². The number of nitrogens with one attached hydrogen (secondary N) is 1. The molecule has 0 radical (unpaired) electrons. The molecule has 0 fully saturated rings. The van der Waals surface area contributed by atoms with E-state index in [4.69, 9.17) is 4.74 Å². The Morgan fingerprint density at radius 2 is 1.96 bits per heavy atom. The minimum atomic E-state index is -0.293. The molecule has 2 aromatic rings. The highest BCUT2D eigenvalue weighted by atomic mass is 16.5. The topological polar surface area (TPSA) is 75.7 Å². The van der Waals surface area contributed by atoms with Gasteiger partial charge in [-0.05, 0) is 38.1 Å². The number of para-hydroxylation sites is 2. The van der Waals surface area contributed by atoms with E-state index in [0.717, 1.165) is 0 Å². The first-order chi connectivity index (χ1) is 12.5. The summed E-state index contributed by atoms with van der Waals surface area (Å²) in [6.45, 7) is 3.12. The second kappa shape index (κ2) is 7.39. The normalized spacial score (nSPS) is 16.3. The highest BCUT2D eigenvalue weighted by Gasteiger charge is 2.29. The Balaban J connectivity index is 1.79. The third kappa shape index (κ3) is 3.74. The van der Waals surface area contributed by atoms with Gasteiger partial charge in [-0.15, -0.1) is 0 Å². The van der Waals surface area contributed by atoms with E-state index >= 15 is 0 Å². The lowest BCUT2D eigenvalue weighted by Crippen LogP contribution is -2.41. The minimum Gasteiger partial charge on any atom is -0.484 e. The molecular weight excluding hydrogens is 332 g/mol. The molecule has 0 saturated heterocycles. The molecule has 2 amide bonds. The van der Waals surface area contributed by atoms with Crippen LogP contribution in [0.2, 0.25) is 0 Å². The summed E-state index contributed by atoms with van der Waals surface area (Å²) < 4.78 is 5.59. The van der Waals surface area contributed by atoms with Crippen LogP contribution < -0.4 is 15.0 Å². The zero-order valence-corrected chi connectivity index (χ0v) is 14.7. The first-order valence-corrected chi connectivity index (χ1v) is 8.40. The number of nitrogens with zero attached hydrogens (tertiary/aromatic N) is 1. The Kier molecular flexibility index (Phi) is 5.02. The predicted octanol–water partition coefficient (Wildman–Crippen LogP) is 3.03. The van der Waals surface area contributed by atoms with Gasteiger partial charge in [0.1, 0.15) is 5.75 Å². The van der Waals surface area contributed by atoms with Gasteiger partial charge in [0.05, 0.1) is 11.4 Å². The molecule has 3 rings (SSSR count). The van der Waals surface area contributed by atoms with Crippen LogP contribution in [0.4, 0.5) is 11.4 Å². The van der Waals surface area contributed by atoms with E-state index in [1.807, 2.05) is 19.1 Å². The molecule has 0 unspecified atom stereocenters. The van der Waals surface area contributed by atoms with Crippen molar-refractivity contribution in [3.63, 3.8) is 0 Å². The third-order valence-electron chi connectivity index (χ3n) is 4.23. The standard InChI is InChI=1S/C20H20N2O4/c1-13-10-19(24)21-17-8-3-4-9-18(17)22(13)20(25)12-26-16-7-5-6-15(11-16)14(2)23/h3-9,11,13H,10,12H2,1-2H3,(H,21,24)/t13-/m1/s1. The Morgan fingerprint density at radius 3 is 2.73 bits per heavy atom. The van der Waals surface area contributed by atoms with Gasteiger partial charge in [-0.2, -0.15) is 0 Å². The number of ether oxygens (including phenoxy) is 1. The summed E-state index contributed by atoms with van der Waals surface area (Å²) in [6, 6.07) is 13.6. The fraction of sp³-hybridized carbons (Fsp3) is 0.250. The molecule has 1 atom stereocenters. The highest BCUT2D eigenvalue weighted by molar-refractivity contribution is 6.04. The predicted molar refractivity (Wildman–Crippen MR) is 98.6 cm³/mol. The lowest BCUT2D eigenvalue weighted by atomic mass is 10.1. The van der Waals surface area contributed by atoms with Crippen molar-refractivity contribution >= 4 is 29.0 Å². The molecule has 0 bridgehead atoms. The largest absolute Gasteiger partial charge is 0.484 e. The van der Waals surface area contributed by atoms with Crippen molar-refractivity contribution in [2.45, 2.75) is 26.3 Å². The van der Waals surface area contributed by atoms with E-state index in [1.165, 1.54) is 6.92 Å². The number of carbonyl (C=O) groups is 3. The van der Waals surface area contributed by atoms with Gasteiger partial charge < -0.3 is 15.0 Å². The van der Waals surface area contributed by atoms with Gasteiger partial charge in [0.2, 0.25) is 5.91 Å². The summed E-state index contributed by atoms with van der Waals surface area (Å²) in [5.74, 6) is 0.00227. The summed E-state index contributed by atoms with van der Waals surface area (Å²) in [4.78, 5) is 37.9. The summed E-state index contributed by atoms with van der Waals surface area (Å²) >= 11 is 0. The maximum absolute atomic E-state index is 12.8. The molecule has 1 aliphatic rings. The number of Topliss-reactive ketones (excluding diaryl/α,β-unsaturated/α-hetero) is 1. The number of ketones is 1. The quantitative estimate of drug-likeness (QED) is 0.858. The summed E-state index contributed by atoms with van der Waals surface area (Å²) in [6.07, 6.45) is 0.209. The van der Waals surface area contributed by atoms with E-state index in [0.29, 0.717) is 22.7 Å². The Hall–Kier alpha value is -3.15. The van der Waals surface area contributed by atoms with Crippen molar-refractivity contribution in [3.8, 4) is 5.75 Å². The smallest absolute Gasteiger partial charge is 0.265 e. The molecule has 0 saturated carbocycles. The van der Waals surface area contributed by atoms with E-state index in [1.54, 1.807) is 41.3 Å². The van der Waals surface area contributed by atoms with Crippen LogP contribution in [0.1, 0.15) is 30.6 Å². The molecule has 2 aromatic carbocycles. The number of hydrogen-bond donors (Lipinski definition) is 1. The molecular formula is C20H20N2O4. The molecule has 26 heavy (non-hydrogen) atoms. The zero-order chi connectivity index (χ0) is 18.7. The summed E-state index contributed by atoms with van der Waals surface area (Å²) in [7, 11) is 0. The Morgan fingerprint density at radius 1 is 1.19 bits per heavy atom. The van der Waals surface area contributed by atoms with Gasteiger partial charge in [0, 0.05) is 18.0 Å². The molecule has 134 valence electrons. The average Bonchev–Trinajstić information content (AvgIpc) is 2.74. The Bertz CT molecular complexity index is 862. The van der Waals surface area contributed by atoms with Crippen molar-refractivity contribution in [3.05, 3.63) is 54.1 Å². The Labute approximate surface area is 151 Å². The minimum absolute atomic E-state index is 0.0681. The SMILES string of the molecule is CC(=O)c1cccc(OCC(=O)N2c3ccccc3NC(=O)C[C@H]2C)c1. The number of amides is 2. The molecule has 0 aliphatic carbocycles. The monoisotopic (exact) mass is 352 g/mol. The number of rotatable bonds is 4. The molecule has 1 heterocycles. The summed E-state index contributed by atoms with van der Waals surface area (Å²) in [5, 5.41) is 2.82. The van der Waals surface area contributed by atoms with Crippen molar-refractivity contribution in [2.24, 2.45) is 0 Å². The van der Waals surface area contributed by atoms with Crippen LogP contribution in [0, 0.1) is 0 Å². The molecule has 0 spiro atoms. The van der Waals surface area contributed by atoms with Crippen LogP contribution in [0.3, 0.4) is 0 Å². The van der Waals surface area contributed by atoms with Crippen molar-refractivity contribution < 1.29 is 19.1 Å². The average molecular weight is 352 g/mol. The van der Waals surface area contributed by atoms with Crippen LogP contribution >= 0.6 is 0 Å². The van der Waals surface area contributed by atoms with Crippen LogP contribution in [0.5, 0.6) is 5.75 Å². The van der Waals surface area contributed by atoms with Crippen molar-refractivity contribution in [2.75, 3.05) is 16.8 Å². The molecule has 6 nitrogen and oxygen atoms in total. The maximum Gasteiger partial charge on any atom is 0.265 e. The summed E-state index contributed by atoms with van der Waals surface area (Å²) in [5.41, 5.74) is 1.78. The zero-order valence-electron chi connectivity index (χ0n) is 14.7. The van der Waals surface area contributed by atoms with E-state index in [9.17, 15) is 14.4 Å². The van der Waals surface area contributed by atoms with Crippen LogP contribution in [0.25, 0.3) is 0 Å². The lowest BCUT2D eigenvalue weighted by molar-refractivity contribution is -0.121. The van der Waals surface area contributed by atoms with Gasteiger partial charge in [-0.1, -0.05) is 24.3 Å². The van der Waals surface area contributed by atoms with Crippen LogP contribution in [-0.4, -0.2) is 30.2 Å². The van der Waals surface area contributed by atoms with Gasteiger partial charge >= 0.3 is 0 Å². The van der Waals surface area contributed by atoms with Gasteiger partial charge in [0.15, 0.2) is 12.4 Å². The van der Waals surface area contributed by atoms with Crippen LogP contribution in [-0.2, 0) is 9.59 Å². The van der Waals surface area contributed by atoms with Gasteiger partial charge in [0.25, 0.3) is 5.91 Å².